The molecule has 81 heavy (non-hydrogen) atoms. The van der Waals surface area contributed by atoms with E-state index in [1.807, 2.05) is 0 Å². The summed E-state index contributed by atoms with van der Waals surface area (Å²) in [5.41, 5.74) is 3.18. The summed E-state index contributed by atoms with van der Waals surface area (Å²) < 4.78 is 0. The van der Waals surface area contributed by atoms with E-state index < -0.39 is 0 Å². The van der Waals surface area contributed by atoms with Crippen molar-refractivity contribution in [3.8, 4) is 0 Å². The van der Waals surface area contributed by atoms with Crippen LogP contribution in [-0.2, 0) is 0 Å². The van der Waals surface area contributed by atoms with Crippen LogP contribution in [0, 0.1) is 22.7 Å². The Morgan fingerprint density at radius 1 is 0.346 bits per heavy atom. The quantitative estimate of drug-likeness (QED) is 0.233. The first kappa shape index (κ1) is 66.5. The van der Waals surface area contributed by atoms with Gasteiger partial charge in [0.1, 0.15) is 0 Å². The lowest BCUT2D eigenvalue weighted by Gasteiger charge is -2.59. The molecule has 12 aliphatic heterocycles. The number of piperazine rings is 3. The molecular weight excluding hydrogens is 995 g/mol. The van der Waals surface area contributed by atoms with Crippen molar-refractivity contribution in [2.75, 3.05) is 126 Å². The molecule has 0 aromatic carbocycles. The Morgan fingerprint density at radius 2 is 0.877 bits per heavy atom. The summed E-state index contributed by atoms with van der Waals surface area (Å²) in [6, 6.07) is 6.98. The maximum atomic E-state index is 2.82. The number of fused-ring (bicyclic) bond motifs is 17. The number of likely N-dealkylation sites (N-methyl/N-ethyl adjacent to an activating group) is 2. The highest BCUT2D eigenvalue weighted by molar-refractivity contribution is 5.06. The Kier molecular flexibility index (Phi) is 20.7. The zero-order valence-electron chi connectivity index (χ0n) is 58.2. The molecule has 11 nitrogen and oxygen atoms in total. The summed E-state index contributed by atoms with van der Waals surface area (Å²) in [7, 11) is 6.83. The largest absolute Gasteiger partial charge is 0.305 e. The van der Waals surface area contributed by atoms with Gasteiger partial charge in [-0.2, -0.15) is 0 Å². The molecule has 11 heteroatoms. The normalized spacial score (nSPS) is 39.1. The molecule has 0 amide bonds. The number of hydrogen-bond acceptors (Lipinski definition) is 11. The molecule has 12 bridgehead atoms. The van der Waals surface area contributed by atoms with E-state index in [1.54, 1.807) is 0 Å². The highest BCUT2D eigenvalue weighted by Crippen LogP contribution is 2.48. The number of piperidine rings is 5. The van der Waals surface area contributed by atoms with Gasteiger partial charge in [-0.15, -0.1) is 0 Å². The molecule has 0 N–H and O–H groups in total. The van der Waals surface area contributed by atoms with Gasteiger partial charge in [0.25, 0.3) is 0 Å². The molecule has 0 radical (unpaired) electrons. The average molecular weight is 1130 g/mol. The molecule has 472 valence electrons. The Bertz CT molecular complexity index is 1940. The van der Waals surface area contributed by atoms with Gasteiger partial charge in [-0.05, 0) is 272 Å². The van der Waals surface area contributed by atoms with Crippen molar-refractivity contribution in [2.24, 2.45) is 22.7 Å². The van der Waals surface area contributed by atoms with Gasteiger partial charge in [0.2, 0.25) is 0 Å². The van der Waals surface area contributed by atoms with Crippen LogP contribution in [0.3, 0.4) is 0 Å². The van der Waals surface area contributed by atoms with E-state index in [2.05, 4.69) is 214 Å². The van der Waals surface area contributed by atoms with Gasteiger partial charge in [-0.3, -0.25) is 39.2 Å². The van der Waals surface area contributed by atoms with Gasteiger partial charge >= 0.3 is 0 Å². The third kappa shape index (κ3) is 16.6. The third-order valence-electron chi connectivity index (χ3n) is 23.4. The summed E-state index contributed by atoms with van der Waals surface area (Å²) in [6.45, 7) is 67.8. The molecule has 14 aliphatic rings. The lowest BCUT2D eigenvalue weighted by atomic mass is 9.65. The van der Waals surface area contributed by atoms with E-state index in [0.717, 1.165) is 60.2 Å². The van der Waals surface area contributed by atoms with Crippen molar-refractivity contribution in [2.45, 2.75) is 304 Å². The minimum Gasteiger partial charge on any atom is -0.305 e. The second-order valence-corrected chi connectivity index (χ2v) is 36.5. The van der Waals surface area contributed by atoms with Crippen molar-refractivity contribution in [1.29, 1.82) is 0 Å². The molecule has 12 saturated heterocycles. The predicted molar refractivity (Wildman–Crippen MR) is 348 cm³/mol. The van der Waals surface area contributed by atoms with E-state index in [4.69, 9.17) is 0 Å². The van der Waals surface area contributed by atoms with Crippen LogP contribution in [0.2, 0.25) is 0 Å². The lowest BCUT2D eigenvalue weighted by Crippen LogP contribution is -2.64. The molecule has 2 aliphatic carbocycles. The standard InChI is InChI=1S/C14H28N2.C13H24N2.2C11H22N2.C11H21N.C10H20N2/c1-12(2,3)16-10-13(4)7-14(5,11-16)9-15(6)8-13;1-13(2,3)14-6-7-15-11-5-4-10(8-11)12(15)9-14;1-11(2,3)13-7-9-5-6-10(8-13)12(9)4;1-11(2,3)13-9-8-12-6-4-10(13)5-7-12;1-11(2,3)12-7-6-9-4-5-10(12)8-9;1-10(2,3)12-7-8-5-9(12)6-11(8)4/h7-11H2,1-6H3;10-12H,4-9H2,1-3H3;9-10H,5-8H2,1-4H3;10H,4-9H2,1-3H3;9-10H,4-8H2,1-3H3;8-9H,5-7H2,1-4H3. The van der Waals surface area contributed by atoms with Gasteiger partial charge in [-0.25, -0.2) is 0 Å². The van der Waals surface area contributed by atoms with Gasteiger partial charge in [0.05, 0.1) is 0 Å². The van der Waals surface area contributed by atoms with E-state index >= 15 is 0 Å². The molecule has 0 spiro atoms. The fourth-order valence-electron chi connectivity index (χ4n) is 19.2. The van der Waals surface area contributed by atoms with Gasteiger partial charge in [0.15, 0.2) is 0 Å². The van der Waals surface area contributed by atoms with Crippen LogP contribution in [0.4, 0.5) is 0 Å². The monoisotopic (exact) mass is 1130 g/mol. The number of nitrogens with zero attached hydrogens (tertiary/aromatic N) is 11. The van der Waals surface area contributed by atoms with Crippen molar-refractivity contribution in [3.63, 3.8) is 0 Å². The van der Waals surface area contributed by atoms with Crippen LogP contribution in [0.15, 0.2) is 0 Å². The third-order valence-corrected chi connectivity index (χ3v) is 23.4. The van der Waals surface area contributed by atoms with E-state index in [1.165, 1.54) is 188 Å². The van der Waals surface area contributed by atoms with Crippen LogP contribution in [0.5, 0.6) is 0 Å². The fraction of sp³-hybridized carbons (Fsp3) is 1.00. The molecule has 11 atom stereocenters. The summed E-state index contributed by atoms with van der Waals surface area (Å²) >= 11 is 0. The first-order valence-electron chi connectivity index (χ1n) is 34.4. The topological polar surface area (TPSA) is 35.6 Å². The zero-order valence-corrected chi connectivity index (χ0v) is 58.2. The predicted octanol–water partition coefficient (Wildman–Crippen LogP) is 11.4. The Hall–Kier alpha value is -0.440. The molecule has 14 rings (SSSR count). The van der Waals surface area contributed by atoms with E-state index in [0.29, 0.717) is 44.1 Å². The van der Waals surface area contributed by atoms with Crippen molar-refractivity contribution in [1.82, 2.24) is 53.9 Å². The second kappa shape index (κ2) is 25.2. The van der Waals surface area contributed by atoms with Crippen LogP contribution < -0.4 is 0 Å². The Balaban J connectivity index is 0.000000128. The summed E-state index contributed by atoms with van der Waals surface area (Å²) in [5, 5.41) is 0. The Morgan fingerprint density at radius 3 is 1.38 bits per heavy atom. The van der Waals surface area contributed by atoms with Crippen LogP contribution in [0.1, 0.15) is 222 Å². The first-order valence-corrected chi connectivity index (χ1v) is 34.4. The van der Waals surface area contributed by atoms with Crippen LogP contribution >= 0.6 is 0 Å². The van der Waals surface area contributed by atoms with E-state index in [-0.39, 0.29) is 0 Å². The Labute approximate surface area is 503 Å². The molecule has 11 unspecified atom stereocenters. The van der Waals surface area contributed by atoms with Gasteiger partial charge in [-0.1, -0.05) is 13.8 Å². The van der Waals surface area contributed by atoms with Gasteiger partial charge < -0.3 is 14.7 Å². The highest BCUT2D eigenvalue weighted by atomic mass is 15.4. The minimum absolute atomic E-state index is 0.318. The maximum Gasteiger partial charge on any atom is 0.0255 e. The zero-order chi connectivity index (χ0) is 59.6. The number of hydrogen-bond donors (Lipinski definition) is 0. The van der Waals surface area contributed by atoms with E-state index in [9.17, 15) is 0 Å². The summed E-state index contributed by atoms with van der Waals surface area (Å²) in [4.78, 5) is 29.2. The molecule has 0 aromatic rings. The molecule has 0 aromatic heterocycles. The minimum atomic E-state index is 0.318. The number of rotatable bonds is 0. The summed E-state index contributed by atoms with van der Waals surface area (Å²) in [5.74, 6) is 2.11. The fourth-order valence-corrected chi connectivity index (χ4v) is 19.2. The lowest BCUT2D eigenvalue weighted by molar-refractivity contribution is -0.0930. The van der Waals surface area contributed by atoms with Crippen LogP contribution in [-0.4, -0.2) is 261 Å². The molecule has 2 saturated carbocycles. The maximum absolute atomic E-state index is 2.82. The van der Waals surface area contributed by atoms with Crippen molar-refractivity contribution < 1.29 is 0 Å². The SMILES string of the molecule is CC(C)(C)N1CCC2CCC1C2.CC(C)(C)N1CCN2C3CCC(C3)C2C1.CC(C)(C)N1CCN2CCC1CC2.CN1C2CCC1CN(C(C)(C)C)C2.CN1CC2(C)CN(C(C)(C)C)CC(C)(C1)C2.CN1CC2CC1CN2C(C)(C)C. The molecule has 12 heterocycles. The highest BCUT2D eigenvalue weighted by Gasteiger charge is 2.51. The molecule has 14 fully saturated rings. The van der Waals surface area contributed by atoms with Crippen LogP contribution in [0.25, 0.3) is 0 Å². The van der Waals surface area contributed by atoms with Crippen molar-refractivity contribution >= 4 is 0 Å². The number of likely N-dealkylation sites (tertiary alicyclic amines) is 6. The smallest absolute Gasteiger partial charge is 0.0255 e. The molecular formula is C70H137N11. The second-order valence-electron chi connectivity index (χ2n) is 36.5. The van der Waals surface area contributed by atoms with Crippen molar-refractivity contribution in [3.05, 3.63) is 0 Å². The summed E-state index contributed by atoms with van der Waals surface area (Å²) in [6.07, 6.45) is 18.8. The van der Waals surface area contributed by atoms with Gasteiger partial charge in [0, 0.05) is 167 Å². The first-order chi connectivity index (χ1) is 37.3. The average Bonchev–Trinajstić information content (AvgIpc) is 4.25.